The molecule has 0 aliphatic rings. The molecule has 0 aromatic heterocycles. The third-order valence-electron chi connectivity index (χ3n) is 3.85. The number of amidine groups is 1. The molecule has 3 aromatic rings. The molecule has 0 saturated carbocycles. The Bertz CT molecular complexity index is 893. The van der Waals surface area contributed by atoms with Gasteiger partial charge < -0.3 is 0 Å². The lowest BCUT2D eigenvalue weighted by Crippen LogP contribution is -2.04. The highest BCUT2D eigenvalue weighted by Gasteiger charge is 2.06. The first-order valence-corrected chi connectivity index (χ1v) is 8.23. The van der Waals surface area contributed by atoms with Gasteiger partial charge >= 0.3 is 0 Å². The van der Waals surface area contributed by atoms with Gasteiger partial charge in [0.2, 0.25) is 0 Å². The molecule has 0 N–H and O–H groups in total. The quantitative estimate of drug-likeness (QED) is 0.440. The lowest BCUT2D eigenvalue weighted by atomic mass is 10.1. The fourth-order valence-electron chi connectivity index (χ4n) is 2.47. The van der Waals surface area contributed by atoms with Crippen LogP contribution in [0.5, 0.6) is 0 Å². The normalized spacial score (nSPS) is 12.0. The second kappa shape index (κ2) is 8.02. The van der Waals surface area contributed by atoms with Crippen LogP contribution in [-0.4, -0.2) is 11.5 Å². The van der Waals surface area contributed by atoms with E-state index in [4.69, 9.17) is 9.98 Å². The number of benzene rings is 3. The lowest BCUT2D eigenvalue weighted by molar-refractivity contribution is 1.44. The molecule has 0 aliphatic heterocycles. The number of hydrogen-bond donors (Lipinski definition) is 0. The van der Waals surface area contributed by atoms with Gasteiger partial charge in [0.05, 0.1) is 5.70 Å². The van der Waals surface area contributed by atoms with Crippen molar-refractivity contribution >= 4 is 17.2 Å². The lowest BCUT2D eigenvalue weighted by Gasteiger charge is -2.07. The molecule has 3 aromatic carbocycles. The van der Waals surface area contributed by atoms with Crippen LogP contribution in [0.15, 0.2) is 108 Å². The van der Waals surface area contributed by atoms with E-state index in [2.05, 4.69) is 6.58 Å². The summed E-state index contributed by atoms with van der Waals surface area (Å²) in [5, 5.41) is 0. The van der Waals surface area contributed by atoms with Gasteiger partial charge in [-0.1, -0.05) is 97.6 Å². The highest BCUT2D eigenvalue weighted by Crippen LogP contribution is 2.16. The van der Waals surface area contributed by atoms with E-state index in [9.17, 15) is 0 Å². The van der Waals surface area contributed by atoms with Crippen LogP contribution in [-0.2, 0) is 0 Å². The van der Waals surface area contributed by atoms with E-state index in [-0.39, 0.29) is 0 Å². The molecule has 2 nitrogen and oxygen atoms in total. The fourth-order valence-corrected chi connectivity index (χ4v) is 2.47. The second-order valence-electron chi connectivity index (χ2n) is 5.68. The first kappa shape index (κ1) is 16.6. The van der Waals surface area contributed by atoms with Crippen molar-refractivity contribution in [1.29, 1.82) is 0 Å². The summed E-state index contributed by atoms with van der Waals surface area (Å²) in [4.78, 5) is 9.51. The Morgan fingerprint density at radius 3 is 1.56 bits per heavy atom. The SMILES string of the molecule is C=C(N=C(N=C(C)c1ccccc1)c1ccccc1)c1ccccc1. The van der Waals surface area contributed by atoms with E-state index in [1.54, 1.807) is 0 Å². The van der Waals surface area contributed by atoms with Crippen molar-refractivity contribution in [1.82, 2.24) is 0 Å². The summed E-state index contributed by atoms with van der Waals surface area (Å²) in [6, 6.07) is 30.1. The van der Waals surface area contributed by atoms with E-state index in [0.717, 1.165) is 22.4 Å². The summed E-state index contributed by atoms with van der Waals surface area (Å²) in [5.74, 6) is 0.663. The highest BCUT2D eigenvalue weighted by atomic mass is 14.9. The maximum absolute atomic E-state index is 4.79. The molecule has 0 spiro atoms. The minimum Gasteiger partial charge on any atom is -0.233 e. The van der Waals surface area contributed by atoms with Crippen LogP contribution in [0.4, 0.5) is 0 Å². The Balaban J connectivity index is 2.02. The Labute approximate surface area is 148 Å². The first-order chi connectivity index (χ1) is 12.2. The predicted octanol–water partition coefficient (Wildman–Crippen LogP) is 5.61. The third kappa shape index (κ3) is 4.39. The Kier molecular flexibility index (Phi) is 5.32. The molecule has 0 aliphatic carbocycles. The Hall–Kier alpha value is -3.26. The van der Waals surface area contributed by atoms with Crippen molar-refractivity contribution in [2.24, 2.45) is 9.98 Å². The van der Waals surface area contributed by atoms with E-state index >= 15 is 0 Å². The van der Waals surface area contributed by atoms with Crippen LogP contribution in [0.2, 0.25) is 0 Å². The topological polar surface area (TPSA) is 24.7 Å². The zero-order chi connectivity index (χ0) is 17.5. The molecule has 25 heavy (non-hydrogen) atoms. The molecule has 0 heterocycles. The fraction of sp³-hybridized carbons (Fsp3) is 0.0435. The van der Waals surface area contributed by atoms with E-state index in [0.29, 0.717) is 11.5 Å². The van der Waals surface area contributed by atoms with Gasteiger partial charge in [-0.3, -0.25) is 0 Å². The summed E-state index contributed by atoms with van der Waals surface area (Å²) < 4.78 is 0. The molecule has 0 fully saturated rings. The molecule has 0 unspecified atom stereocenters. The van der Waals surface area contributed by atoms with Crippen molar-refractivity contribution in [2.75, 3.05) is 0 Å². The number of nitrogens with zero attached hydrogens (tertiary/aromatic N) is 2. The maximum atomic E-state index is 4.79. The number of aliphatic imine (C=N–C) groups is 2. The first-order valence-electron chi connectivity index (χ1n) is 8.23. The van der Waals surface area contributed by atoms with Gasteiger partial charge in [-0.15, -0.1) is 0 Å². The van der Waals surface area contributed by atoms with Crippen molar-refractivity contribution in [3.8, 4) is 0 Å². The zero-order valence-electron chi connectivity index (χ0n) is 14.3. The molecule has 3 rings (SSSR count). The van der Waals surface area contributed by atoms with Crippen LogP contribution in [0.1, 0.15) is 23.6 Å². The molecule has 2 heteroatoms. The molecule has 0 amide bonds. The molecule has 0 radical (unpaired) electrons. The standard InChI is InChI=1S/C23H20N2/c1-18(20-12-6-3-7-13-20)24-23(22-16-10-5-11-17-22)25-19(2)21-14-8-4-9-15-21/h3-17H,1H2,2H3. The van der Waals surface area contributed by atoms with Crippen LogP contribution >= 0.6 is 0 Å². The minimum atomic E-state index is 0.663. The summed E-state index contributed by atoms with van der Waals surface area (Å²) in [5.41, 5.74) is 4.66. The number of hydrogen-bond acceptors (Lipinski definition) is 1. The zero-order valence-corrected chi connectivity index (χ0v) is 14.3. The summed E-state index contributed by atoms with van der Waals surface area (Å²) >= 11 is 0. The monoisotopic (exact) mass is 324 g/mol. The van der Waals surface area contributed by atoms with Gasteiger partial charge in [0.15, 0.2) is 5.84 Å². The van der Waals surface area contributed by atoms with Crippen LogP contribution < -0.4 is 0 Å². The van der Waals surface area contributed by atoms with Gasteiger partial charge in [0.25, 0.3) is 0 Å². The molecule has 0 saturated heterocycles. The molecule has 0 atom stereocenters. The smallest absolute Gasteiger partial charge is 0.160 e. The molecular weight excluding hydrogens is 304 g/mol. The average Bonchev–Trinajstić information content (AvgIpc) is 2.69. The largest absolute Gasteiger partial charge is 0.233 e. The Morgan fingerprint density at radius 1 is 0.600 bits per heavy atom. The van der Waals surface area contributed by atoms with Crippen LogP contribution in [0, 0.1) is 0 Å². The van der Waals surface area contributed by atoms with Gasteiger partial charge in [-0.2, -0.15) is 0 Å². The van der Waals surface area contributed by atoms with Gasteiger partial charge in [-0.05, 0) is 18.1 Å². The van der Waals surface area contributed by atoms with Crippen molar-refractivity contribution in [3.63, 3.8) is 0 Å². The summed E-state index contributed by atoms with van der Waals surface area (Å²) in [7, 11) is 0. The molecular formula is C23H20N2. The van der Waals surface area contributed by atoms with E-state index in [1.807, 2.05) is 97.9 Å². The van der Waals surface area contributed by atoms with Gasteiger partial charge in [0, 0.05) is 11.3 Å². The minimum absolute atomic E-state index is 0.663. The van der Waals surface area contributed by atoms with Gasteiger partial charge in [0.1, 0.15) is 0 Å². The third-order valence-corrected chi connectivity index (χ3v) is 3.85. The second-order valence-corrected chi connectivity index (χ2v) is 5.68. The highest BCUT2D eigenvalue weighted by molar-refractivity contribution is 6.12. The van der Waals surface area contributed by atoms with Gasteiger partial charge in [-0.25, -0.2) is 9.98 Å². The van der Waals surface area contributed by atoms with E-state index in [1.165, 1.54) is 0 Å². The summed E-state index contributed by atoms with van der Waals surface area (Å²) in [6.45, 7) is 6.11. The number of rotatable bonds is 4. The average molecular weight is 324 g/mol. The predicted molar refractivity (Wildman–Crippen MR) is 107 cm³/mol. The summed E-state index contributed by atoms with van der Waals surface area (Å²) in [6.07, 6.45) is 0. The van der Waals surface area contributed by atoms with Crippen molar-refractivity contribution in [3.05, 3.63) is 114 Å². The van der Waals surface area contributed by atoms with E-state index < -0.39 is 0 Å². The maximum Gasteiger partial charge on any atom is 0.160 e. The van der Waals surface area contributed by atoms with Crippen molar-refractivity contribution < 1.29 is 0 Å². The Morgan fingerprint density at radius 2 is 1.04 bits per heavy atom. The van der Waals surface area contributed by atoms with Crippen LogP contribution in [0.25, 0.3) is 5.70 Å². The van der Waals surface area contributed by atoms with Crippen LogP contribution in [0.3, 0.4) is 0 Å². The molecule has 122 valence electrons. The molecule has 0 bridgehead atoms. The van der Waals surface area contributed by atoms with Crippen molar-refractivity contribution in [2.45, 2.75) is 6.92 Å².